The van der Waals surface area contributed by atoms with Crippen LogP contribution < -0.4 is 4.74 Å². The van der Waals surface area contributed by atoms with Crippen molar-refractivity contribution in [2.75, 3.05) is 6.61 Å². The topological polar surface area (TPSA) is 52.3 Å². The second-order valence-corrected chi connectivity index (χ2v) is 7.27. The third kappa shape index (κ3) is 3.27. The molecule has 4 rings (SSSR count). The Morgan fingerprint density at radius 3 is 2.81 bits per heavy atom. The summed E-state index contributed by atoms with van der Waals surface area (Å²) in [5.41, 5.74) is 3.29. The van der Waals surface area contributed by atoms with E-state index in [1.54, 1.807) is 12.1 Å². The lowest BCUT2D eigenvalue weighted by molar-refractivity contribution is 0.309. The number of benzene rings is 2. The molecule has 0 unspecified atom stereocenters. The molecule has 0 radical (unpaired) electrons. The maximum absolute atomic E-state index is 14.7. The van der Waals surface area contributed by atoms with Crippen molar-refractivity contribution < 1.29 is 9.13 Å². The van der Waals surface area contributed by atoms with Gasteiger partial charge in [0.15, 0.2) is 11.5 Å². The normalized spacial score (nSPS) is 11.4. The summed E-state index contributed by atoms with van der Waals surface area (Å²) in [5, 5.41) is 8.51. The lowest BCUT2D eigenvalue weighted by Crippen LogP contribution is -2.00. The average Bonchev–Trinajstić information content (AvgIpc) is 3.09. The van der Waals surface area contributed by atoms with Gasteiger partial charge in [-0.2, -0.15) is 0 Å². The van der Waals surface area contributed by atoms with Crippen LogP contribution in [0.5, 0.6) is 5.75 Å². The SMILES string of the molecule is CCCCOc1ccc(F)c(-c2nnc3c(C)nc4cc(Br)ccc4n23)c1. The van der Waals surface area contributed by atoms with E-state index in [0.29, 0.717) is 29.4 Å². The first kappa shape index (κ1) is 17.9. The van der Waals surface area contributed by atoms with Gasteiger partial charge in [-0.1, -0.05) is 29.3 Å². The summed E-state index contributed by atoms with van der Waals surface area (Å²) < 4.78 is 23.2. The highest BCUT2D eigenvalue weighted by atomic mass is 79.9. The maximum Gasteiger partial charge on any atom is 0.183 e. The van der Waals surface area contributed by atoms with Crippen molar-refractivity contribution in [1.82, 2.24) is 19.6 Å². The quantitative estimate of drug-likeness (QED) is 0.403. The predicted octanol–water partition coefficient (Wildman–Crippen LogP) is 5.33. The minimum absolute atomic E-state index is 0.353. The highest BCUT2D eigenvalue weighted by Crippen LogP contribution is 2.30. The number of nitrogens with zero attached hydrogens (tertiary/aromatic N) is 4. The number of unbranched alkanes of at least 4 members (excludes halogenated alkanes) is 1. The van der Waals surface area contributed by atoms with E-state index in [1.807, 2.05) is 29.5 Å². The third-order valence-corrected chi connectivity index (χ3v) is 4.89. The van der Waals surface area contributed by atoms with Crippen LogP contribution in [0.1, 0.15) is 25.5 Å². The van der Waals surface area contributed by atoms with Crippen molar-refractivity contribution >= 4 is 32.6 Å². The monoisotopic (exact) mass is 428 g/mol. The van der Waals surface area contributed by atoms with Gasteiger partial charge in [0.2, 0.25) is 0 Å². The van der Waals surface area contributed by atoms with E-state index in [4.69, 9.17) is 4.74 Å². The molecule has 2 aromatic carbocycles. The highest BCUT2D eigenvalue weighted by Gasteiger charge is 2.18. The summed E-state index contributed by atoms with van der Waals surface area (Å²) in [4.78, 5) is 4.59. The Morgan fingerprint density at radius 1 is 1.15 bits per heavy atom. The second-order valence-electron chi connectivity index (χ2n) is 6.36. The number of fused-ring (bicyclic) bond motifs is 3. The van der Waals surface area contributed by atoms with Crippen LogP contribution in [0.3, 0.4) is 0 Å². The second kappa shape index (κ2) is 7.23. The molecule has 2 aromatic heterocycles. The lowest BCUT2D eigenvalue weighted by Gasteiger charge is -2.10. The van der Waals surface area contributed by atoms with E-state index >= 15 is 0 Å². The predicted molar refractivity (Wildman–Crippen MR) is 107 cm³/mol. The molecule has 0 N–H and O–H groups in total. The van der Waals surface area contributed by atoms with Gasteiger partial charge in [-0.3, -0.25) is 4.40 Å². The van der Waals surface area contributed by atoms with Gasteiger partial charge in [-0.25, -0.2) is 9.37 Å². The Bertz CT molecular complexity index is 1140. The molecule has 138 valence electrons. The van der Waals surface area contributed by atoms with Gasteiger partial charge in [-0.05, 0) is 49.7 Å². The van der Waals surface area contributed by atoms with Crippen molar-refractivity contribution in [1.29, 1.82) is 0 Å². The van der Waals surface area contributed by atoms with Gasteiger partial charge in [0.05, 0.1) is 28.9 Å². The molecular weight excluding hydrogens is 411 g/mol. The first-order chi connectivity index (χ1) is 13.1. The highest BCUT2D eigenvalue weighted by molar-refractivity contribution is 9.10. The zero-order valence-electron chi connectivity index (χ0n) is 15.0. The first-order valence-electron chi connectivity index (χ1n) is 8.82. The minimum atomic E-state index is -0.369. The first-order valence-corrected chi connectivity index (χ1v) is 9.61. The van der Waals surface area contributed by atoms with E-state index < -0.39 is 0 Å². The standard InChI is InChI=1S/C20H18BrFN4O/c1-3-4-9-27-14-6-7-16(22)15(11-14)20-25-24-19-12(2)23-17-10-13(21)5-8-18(17)26(19)20/h5-8,10-11H,3-4,9H2,1-2H3. The minimum Gasteiger partial charge on any atom is -0.494 e. The van der Waals surface area contributed by atoms with Crippen LogP contribution in [0.2, 0.25) is 0 Å². The van der Waals surface area contributed by atoms with Gasteiger partial charge in [0, 0.05) is 4.47 Å². The molecule has 5 nitrogen and oxygen atoms in total. The number of hydrogen-bond donors (Lipinski definition) is 0. The molecule has 0 atom stereocenters. The fourth-order valence-electron chi connectivity index (χ4n) is 3.03. The molecule has 0 saturated carbocycles. The Morgan fingerprint density at radius 2 is 2.00 bits per heavy atom. The molecule has 0 spiro atoms. The van der Waals surface area contributed by atoms with Crippen molar-refractivity contribution in [3.63, 3.8) is 0 Å². The lowest BCUT2D eigenvalue weighted by atomic mass is 10.1. The van der Waals surface area contributed by atoms with Crippen LogP contribution in [0, 0.1) is 12.7 Å². The number of rotatable bonds is 5. The Balaban J connectivity index is 1.92. The zero-order valence-corrected chi connectivity index (χ0v) is 16.6. The summed E-state index contributed by atoms with van der Waals surface area (Å²) in [6, 6.07) is 10.5. The number of hydrogen-bond acceptors (Lipinski definition) is 4. The van der Waals surface area contributed by atoms with Crippen LogP contribution in [0.4, 0.5) is 4.39 Å². The molecule has 0 fully saturated rings. The Labute approximate surface area is 164 Å². The van der Waals surface area contributed by atoms with E-state index in [1.165, 1.54) is 6.07 Å². The third-order valence-electron chi connectivity index (χ3n) is 4.40. The van der Waals surface area contributed by atoms with Gasteiger partial charge in [0.25, 0.3) is 0 Å². The van der Waals surface area contributed by atoms with Gasteiger partial charge >= 0.3 is 0 Å². The van der Waals surface area contributed by atoms with Gasteiger partial charge in [0.1, 0.15) is 11.6 Å². The average molecular weight is 429 g/mol. The van der Waals surface area contributed by atoms with E-state index in [0.717, 1.165) is 34.0 Å². The van der Waals surface area contributed by atoms with Crippen molar-refractivity contribution in [3.8, 4) is 17.1 Å². The number of aryl methyl sites for hydroxylation is 1. The molecule has 0 aliphatic heterocycles. The summed E-state index contributed by atoms with van der Waals surface area (Å²) in [6.45, 7) is 4.57. The van der Waals surface area contributed by atoms with Crippen LogP contribution in [-0.4, -0.2) is 26.2 Å². The van der Waals surface area contributed by atoms with Crippen LogP contribution in [-0.2, 0) is 0 Å². The summed E-state index contributed by atoms with van der Waals surface area (Å²) in [5.74, 6) is 0.683. The van der Waals surface area contributed by atoms with E-state index in [9.17, 15) is 4.39 Å². The fourth-order valence-corrected chi connectivity index (χ4v) is 3.38. The molecule has 7 heteroatoms. The molecular formula is C20H18BrFN4O. The van der Waals surface area contributed by atoms with Crippen molar-refractivity contribution in [2.24, 2.45) is 0 Å². The fraction of sp³-hybridized carbons (Fsp3) is 0.250. The Kier molecular flexibility index (Phi) is 4.78. The smallest absolute Gasteiger partial charge is 0.183 e. The molecule has 0 amide bonds. The molecule has 0 aliphatic rings. The maximum atomic E-state index is 14.7. The molecule has 0 aliphatic carbocycles. The number of aromatic nitrogens is 4. The van der Waals surface area contributed by atoms with Crippen LogP contribution in [0.15, 0.2) is 40.9 Å². The Hall–Kier alpha value is -2.54. The van der Waals surface area contributed by atoms with E-state index in [2.05, 4.69) is 38.0 Å². The number of ether oxygens (including phenoxy) is 1. The van der Waals surface area contributed by atoms with Crippen molar-refractivity contribution in [3.05, 3.63) is 52.4 Å². The molecule has 0 saturated heterocycles. The molecule has 4 aromatic rings. The van der Waals surface area contributed by atoms with Gasteiger partial charge < -0.3 is 4.74 Å². The number of halogens is 2. The van der Waals surface area contributed by atoms with Crippen LogP contribution in [0.25, 0.3) is 28.1 Å². The zero-order chi connectivity index (χ0) is 19.0. The summed E-state index contributed by atoms with van der Waals surface area (Å²) in [6.07, 6.45) is 1.99. The molecule has 0 bridgehead atoms. The largest absolute Gasteiger partial charge is 0.494 e. The van der Waals surface area contributed by atoms with Gasteiger partial charge in [-0.15, -0.1) is 10.2 Å². The summed E-state index contributed by atoms with van der Waals surface area (Å²) in [7, 11) is 0. The summed E-state index contributed by atoms with van der Waals surface area (Å²) >= 11 is 3.47. The van der Waals surface area contributed by atoms with Crippen LogP contribution >= 0.6 is 15.9 Å². The molecule has 27 heavy (non-hydrogen) atoms. The molecule has 2 heterocycles. The van der Waals surface area contributed by atoms with E-state index in [-0.39, 0.29) is 5.82 Å². The van der Waals surface area contributed by atoms with Crippen molar-refractivity contribution in [2.45, 2.75) is 26.7 Å².